The maximum Gasteiger partial charge on any atom is 0.0274 e. The third-order valence-electron chi connectivity index (χ3n) is 0. The molecule has 0 rings (SSSR count). The molecule has 5 heavy (non-hydrogen) atoms. The summed E-state index contributed by atoms with van der Waals surface area (Å²) < 4.78 is 0. The van der Waals surface area contributed by atoms with E-state index in [-0.39, 0.29) is 14.3 Å². The van der Waals surface area contributed by atoms with Crippen LogP contribution in [0.4, 0.5) is 0 Å². The van der Waals surface area contributed by atoms with Crippen molar-refractivity contribution in [3.05, 3.63) is 0 Å². The van der Waals surface area contributed by atoms with Gasteiger partial charge in [-0.15, -0.1) is 0 Å². The summed E-state index contributed by atoms with van der Waals surface area (Å²) in [6.07, 6.45) is 0. The van der Waals surface area contributed by atoms with Crippen LogP contribution in [0.2, 0.25) is 19.6 Å². The highest BCUT2D eigenvalue weighted by Gasteiger charge is 1.71. The molecule has 0 saturated carbocycles. The largest absolute Gasteiger partial charge is 0.412 e. The van der Waals surface area contributed by atoms with E-state index in [1.54, 1.807) is 0 Å². The van der Waals surface area contributed by atoms with Gasteiger partial charge in [0.1, 0.15) is 0 Å². The lowest BCUT2D eigenvalue weighted by Gasteiger charge is -1.75. The molecule has 1 nitrogen and oxygen atoms in total. The van der Waals surface area contributed by atoms with Crippen LogP contribution in [0.5, 0.6) is 0 Å². The van der Waals surface area contributed by atoms with Gasteiger partial charge in [0.25, 0.3) is 0 Å². The van der Waals surface area contributed by atoms with Gasteiger partial charge >= 0.3 is 0 Å². The first-order chi connectivity index (χ1) is 1.73. The first-order valence-electron chi connectivity index (χ1n) is 1.73. The minimum absolute atomic E-state index is 0. The smallest absolute Gasteiger partial charge is 0.0274 e. The van der Waals surface area contributed by atoms with Crippen molar-refractivity contribution in [1.82, 2.24) is 0 Å². The molecule has 0 aliphatic rings. The molecule has 0 aromatic heterocycles. The Morgan fingerprint density at radius 3 is 1.00 bits per heavy atom. The van der Waals surface area contributed by atoms with Crippen LogP contribution in [-0.2, 0) is 0 Å². The van der Waals surface area contributed by atoms with E-state index in [4.69, 9.17) is 0 Å². The molecule has 0 aromatic carbocycles. The fourth-order valence-corrected chi connectivity index (χ4v) is 0. The third-order valence-corrected chi connectivity index (χ3v) is 0. The van der Waals surface area contributed by atoms with E-state index in [0.717, 1.165) is 0 Å². The van der Waals surface area contributed by atoms with Crippen molar-refractivity contribution in [1.29, 1.82) is 0 Å². The zero-order chi connectivity index (χ0) is 3.58. The summed E-state index contributed by atoms with van der Waals surface area (Å²) in [5.41, 5.74) is 0. The van der Waals surface area contributed by atoms with Gasteiger partial charge in [0.2, 0.25) is 0 Å². The molecule has 0 aromatic rings. The molecule has 0 heterocycles. The van der Waals surface area contributed by atoms with E-state index in [9.17, 15) is 0 Å². The van der Waals surface area contributed by atoms with Crippen molar-refractivity contribution in [2.45, 2.75) is 19.6 Å². The summed E-state index contributed by atoms with van der Waals surface area (Å²) in [4.78, 5) is 0. The second kappa shape index (κ2) is 4.18. The molecule has 0 saturated heterocycles. The van der Waals surface area contributed by atoms with Crippen molar-refractivity contribution in [3.63, 3.8) is 0 Å². The van der Waals surface area contributed by atoms with Crippen LogP contribution in [0.1, 0.15) is 0 Å². The van der Waals surface area contributed by atoms with Crippen LogP contribution in [0, 0.1) is 0 Å². The third kappa shape index (κ3) is 633. The molecule has 0 unspecified atom stereocenters. The molecule has 0 radical (unpaired) electrons. The lowest BCUT2D eigenvalue weighted by molar-refractivity contribution is 0.824. The SMILES string of the molecule is C[SiH](C)C.O. The van der Waals surface area contributed by atoms with Crippen LogP contribution >= 0.6 is 0 Å². The summed E-state index contributed by atoms with van der Waals surface area (Å²) in [5, 5.41) is 0. The van der Waals surface area contributed by atoms with E-state index < -0.39 is 0 Å². The van der Waals surface area contributed by atoms with Crippen molar-refractivity contribution in [2.24, 2.45) is 0 Å². The first kappa shape index (κ1) is 8.95. The van der Waals surface area contributed by atoms with Crippen molar-refractivity contribution in [3.8, 4) is 0 Å². The van der Waals surface area contributed by atoms with E-state index in [1.165, 1.54) is 0 Å². The average Bonchev–Trinajstić information content (AvgIpc) is 0.811. The fraction of sp³-hybridized carbons (Fsp3) is 1.00. The van der Waals surface area contributed by atoms with Crippen LogP contribution in [0.25, 0.3) is 0 Å². The number of hydrogen-bond acceptors (Lipinski definition) is 0. The van der Waals surface area contributed by atoms with Gasteiger partial charge in [-0.25, -0.2) is 0 Å². The maximum atomic E-state index is 2.31. The highest BCUT2D eigenvalue weighted by atomic mass is 28.3. The molecule has 0 amide bonds. The van der Waals surface area contributed by atoms with Gasteiger partial charge in [-0.3, -0.25) is 0 Å². The molecular weight excluding hydrogens is 80.1 g/mol. The van der Waals surface area contributed by atoms with Gasteiger partial charge in [-0.2, -0.15) is 0 Å². The van der Waals surface area contributed by atoms with Crippen LogP contribution in [0.3, 0.4) is 0 Å². The minimum Gasteiger partial charge on any atom is -0.412 e. The molecule has 2 heteroatoms. The van der Waals surface area contributed by atoms with Gasteiger partial charge < -0.3 is 5.48 Å². The van der Waals surface area contributed by atoms with Gasteiger partial charge in [-0.1, -0.05) is 19.6 Å². The van der Waals surface area contributed by atoms with Gasteiger partial charge in [-0.05, 0) is 0 Å². The summed E-state index contributed by atoms with van der Waals surface area (Å²) in [7, 11) is -0.139. The Hall–Kier alpha value is 0.177. The quantitative estimate of drug-likeness (QED) is 0.384. The molecule has 0 fully saturated rings. The molecular formula is C3H12OSi. The highest BCUT2D eigenvalue weighted by molar-refractivity contribution is 6.54. The van der Waals surface area contributed by atoms with E-state index in [0.29, 0.717) is 0 Å². The topological polar surface area (TPSA) is 31.5 Å². The van der Waals surface area contributed by atoms with E-state index in [2.05, 4.69) is 19.6 Å². The normalized spacial score (nSPS) is 7.20. The zero-order valence-electron chi connectivity index (χ0n) is 4.08. The summed E-state index contributed by atoms with van der Waals surface area (Å²) >= 11 is 0. The first-order valence-corrected chi connectivity index (χ1v) is 5.20. The molecule has 0 atom stereocenters. The predicted octanol–water partition coefficient (Wildman–Crippen LogP) is 0.278. The fourth-order valence-electron chi connectivity index (χ4n) is 0. The number of rotatable bonds is 0. The second-order valence-corrected chi connectivity index (χ2v) is 5.20. The van der Waals surface area contributed by atoms with Gasteiger partial charge in [0, 0.05) is 8.80 Å². The summed E-state index contributed by atoms with van der Waals surface area (Å²) in [6.45, 7) is 6.92. The monoisotopic (exact) mass is 92.1 g/mol. The Bertz CT molecular complexity index is 11.6. The van der Waals surface area contributed by atoms with Crippen molar-refractivity contribution >= 4 is 8.80 Å². The van der Waals surface area contributed by atoms with E-state index in [1.807, 2.05) is 0 Å². The minimum atomic E-state index is -0.139. The summed E-state index contributed by atoms with van der Waals surface area (Å²) in [6, 6.07) is 0. The molecule has 0 bridgehead atoms. The Balaban J connectivity index is 0. The molecule has 0 aliphatic heterocycles. The molecule has 2 N–H and O–H groups in total. The Morgan fingerprint density at radius 1 is 1.00 bits per heavy atom. The number of hydrogen-bond donors (Lipinski definition) is 0. The Kier molecular flexibility index (Phi) is 7.48. The lowest BCUT2D eigenvalue weighted by atomic mass is 11.8. The van der Waals surface area contributed by atoms with Crippen LogP contribution < -0.4 is 0 Å². The predicted molar refractivity (Wildman–Crippen MR) is 28.4 cm³/mol. The molecule has 34 valence electrons. The van der Waals surface area contributed by atoms with Crippen molar-refractivity contribution < 1.29 is 5.48 Å². The molecule has 0 aliphatic carbocycles. The van der Waals surface area contributed by atoms with Crippen molar-refractivity contribution in [2.75, 3.05) is 0 Å². The second-order valence-electron chi connectivity index (χ2n) is 1.73. The Morgan fingerprint density at radius 2 is 1.00 bits per heavy atom. The Labute approximate surface area is 34.9 Å². The highest BCUT2D eigenvalue weighted by Crippen LogP contribution is 1.68. The van der Waals surface area contributed by atoms with Gasteiger partial charge in [0.15, 0.2) is 0 Å². The van der Waals surface area contributed by atoms with Gasteiger partial charge in [0.05, 0.1) is 0 Å². The summed E-state index contributed by atoms with van der Waals surface area (Å²) in [5.74, 6) is 0. The average molecular weight is 92.2 g/mol. The standard InChI is InChI=1S/C3H10Si.H2O/c1-4(2)3;/h4H,1-3H3;1H2. The van der Waals surface area contributed by atoms with Crippen LogP contribution in [-0.4, -0.2) is 14.3 Å². The maximum absolute atomic E-state index is 2.31. The molecule has 0 spiro atoms. The van der Waals surface area contributed by atoms with Crippen LogP contribution in [0.15, 0.2) is 0 Å². The lowest BCUT2D eigenvalue weighted by Crippen LogP contribution is -1.84. The van der Waals surface area contributed by atoms with E-state index >= 15 is 0 Å². The zero-order valence-corrected chi connectivity index (χ0v) is 5.23.